The summed E-state index contributed by atoms with van der Waals surface area (Å²) in [6.45, 7) is 4.23. The first-order valence-electron chi connectivity index (χ1n) is 3.04. The second-order valence-electron chi connectivity index (χ2n) is 2.30. The normalized spacial score (nSPS) is 10.0. The summed E-state index contributed by atoms with van der Waals surface area (Å²) in [5.41, 5.74) is 2.64. The quantitative estimate of drug-likeness (QED) is 0.641. The number of rotatable bonds is 0. The molecule has 1 aromatic rings. The third-order valence-corrected chi connectivity index (χ3v) is 3.90. The predicted molar refractivity (Wildman–Crippen MR) is 56.3 cm³/mol. The van der Waals surface area contributed by atoms with Gasteiger partial charge >= 0.3 is 0 Å². The third kappa shape index (κ3) is 1.53. The fourth-order valence-corrected chi connectivity index (χ4v) is 1.96. The first-order valence-corrected chi connectivity index (χ1v) is 4.91. The van der Waals surface area contributed by atoms with Crippen molar-refractivity contribution in [1.82, 2.24) is 0 Å². The van der Waals surface area contributed by atoms with Gasteiger partial charge in [0.1, 0.15) is 0 Å². The van der Waals surface area contributed by atoms with E-state index < -0.39 is 0 Å². The van der Waals surface area contributed by atoms with Gasteiger partial charge in [-0.2, -0.15) is 0 Å². The smallest absolute Gasteiger partial charge is 0.0244 e. The topological polar surface area (TPSA) is 0 Å². The molecule has 0 unspecified atom stereocenters. The predicted octanol–water partition coefficient (Wildman–Crippen LogP) is 3.67. The molecule has 0 spiro atoms. The summed E-state index contributed by atoms with van der Waals surface area (Å²) in [7, 11) is 0. The van der Waals surface area contributed by atoms with Crippen LogP contribution in [0.2, 0.25) is 0 Å². The van der Waals surface area contributed by atoms with Crippen molar-refractivity contribution in [3.63, 3.8) is 0 Å². The van der Waals surface area contributed by atoms with Gasteiger partial charge in [0.15, 0.2) is 0 Å². The van der Waals surface area contributed by atoms with Crippen LogP contribution in [0.25, 0.3) is 0 Å². The Hall–Kier alpha value is 0.430. The maximum atomic E-state index is 3.53. The highest BCUT2D eigenvalue weighted by atomic mass is 127. The van der Waals surface area contributed by atoms with E-state index >= 15 is 0 Å². The van der Waals surface area contributed by atoms with Gasteiger partial charge in [0, 0.05) is 8.04 Å². The molecule has 0 N–H and O–H groups in total. The molecular weight excluding hydrogens is 303 g/mol. The van der Waals surface area contributed by atoms with E-state index in [1.807, 2.05) is 0 Å². The van der Waals surface area contributed by atoms with Crippen LogP contribution in [0.15, 0.2) is 16.6 Å². The van der Waals surface area contributed by atoms with Crippen LogP contribution >= 0.6 is 38.5 Å². The van der Waals surface area contributed by atoms with E-state index in [0.717, 1.165) is 0 Å². The minimum atomic E-state index is 1.24. The molecule has 0 heterocycles. The SMILES string of the molecule is Cc1ccc(I)c(C)c1Br. The highest BCUT2D eigenvalue weighted by Crippen LogP contribution is 2.24. The molecule has 0 saturated carbocycles. The molecule has 0 amide bonds. The average Bonchev–Trinajstić information content (AvgIpc) is 1.93. The second kappa shape index (κ2) is 3.22. The van der Waals surface area contributed by atoms with Crippen LogP contribution in [-0.2, 0) is 0 Å². The van der Waals surface area contributed by atoms with Crippen molar-refractivity contribution in [3.8, 4) is 0 Å². The molecule has 1 aromatic carbocycles. The molecule has 0 bridgehead atoms. The molecule has 0 aliphatic heterocycles. The number of benzene rings is 1. The highest BCUT2D eigenvalue weighted by molar-refractivity contribution is 14.1. The summed E-state index contributed by atoms with van der Waals surface area (Å²) in [6, 6.07) is 4.26. The van der Waals surface area contributed by atoms with E-state index in [0.29, 0.717) is 0 Å². The molecule has 10 heavy (non-hydrogen) atoms. The number of hydrogen-bond acceptors (Lipinski definition) is 0. The molecule has 0 radical (unpaired) electrons. The first kappa shape index (κ1) is 8.53. The van der Waals surface area contributed by atoms with Crippen LogP contribution < -0.4 is 0 Å². The van der Waals surface area contributed by atoms with Gasteiger partial charge < -0.3 is 0 Å². The Labute approximate surface area is 83.3 Å². The van der Waals surface area contributed by atoms with Crippen molar-refractivity contribution < 1.29 is 0 Å². The summed E-state index contributed by atoms with van der Waals surface area (Å²) < 4.78 is 2.55. The van der Waals surface area contributed by atoms with Gasteiger partial charge in [-0.1, -0.05) is 22.0 Å². The third-order valence-electron chi connectivity index (χ3n) is 1.51. The summed E-state index contributed by atoms with van der Waals surface area (Å²) in [6.07, 6.45) is 0. The van der Waals surface area contributed by atoms with E-state index in [1.165, 1.54) is 19.2 Å². The van der Waals surface area contributed by atoms with E-state index in [-0.39, 0.29) is 0 Å². The lowest BCUT2D eigenvalue weighted by molar-refractivity contribution is 1.32. The lowest BCUT2D eigenvalue weighted by Gasteiger charge is -2.03. The van der Waals surface area contributed by atoms with E-state index in [1.54, 1.807) is 0 Å². The van der Waals surface area contributed by atoms with Crippen molar-refractivity contribution in [1.29, 1.82) is 0 Å². The lowest BCUT2D eigenvalue weighted by atomic mass is 10.2. The largest absolute Gasteiger partial charge is 0.0571 e. The van der Waals surface area contributed by atoms with Crippen LogP contribution in [0.4, 0.5) is 0 Å². The van der Waals surface area contributed by atoms with Crippen LogP contribution in [0, 0.1) is 17.4 Å². The number of hydrogen-bond donors (Lipinski definition) is 0. The molecule has 54 valence electrons. The van der Waals surface area contributed by atoms with Gasteiger partial charge in [-0.3, -0.25) is 0 Å². The van der Waals surface area contributed by atoms with Crippen LogP contribution in [0.1, 0.15) is 11.1 Å². The van der Waals surface area contributed by atoms with Crippen molar-refractivity contribution in [2.45, 2.75) is 13.8 Å². The van der Waals surface area contributed by atoms with Crippen LogP contribution in [-0.4, -0.2) is 0 Å². The molecule has 1 rings (SSSR count). The Morgan fingerprint density at radius 3 is 2.40 bits per heavy atom. The summed E-state index contributed by atoms with van der Waals surface area (Å²) >= 11 is 5.86. The lowest BCUT2D eigenvalue weighted by Crippen LogP contribution is -1.84. The maximum Gasteiger partial charge on any atom is 0.0244 e. The monoisotopic (exact) mass is 310 g/mol. The molecule has 0 fully saturated rings. The number of halogens is 2. The fourth-order valence-electron chi connectivity index (χ4n) is 0.797. The van der Waals surface area contributed by atoms with E-state index in [2.05, 4.69) is 64.5 Å². The summed E-state index contributed by atoms with van der Waals surface area (Å²) in [5.74, 6) is 0. The van der Waals surface area contributed by atoms with Crippen molar-refractivity contribution in [2.75, 3.05) is 0 Å². The maximum absolute atomic E-state index is 3.53. The van der Waals surface area contributed by atoms with E-state index in [9.17, 15) is 0 Å². The fraction of sp³-hybridized carbons (Fsp3) is 0.250. The van der Waals surface area contributed by atoms with Gasteiger partial charge in [-0.05, 0) is 53.6 Å². The second-order valence-corrected chi connectivity index (χ2v) is 4.26. The molecule has 0 atom stereocenters. The van der Waals surface area contributed by atoms with Crippen molar-refractivity contribution in [3.05, 3.63) is 31.3 Å². The van der Waals surface area contributed by atoms with E-state index in [4.69, 9.17) is 0 Å². The van der Waals surface area contributed by atoms with Gasteiger partial charge in [-0.15, -0.1) is 0 Å². The Kier molecular flexibility index (Phi) is 2.74. The Bertz CT molecular complexity index is 229. The molecule has 0 saturated heterocycles. The molecule has 0 aliphatic carbocycles. The summed E-state index contributed by atoms with van der Waals surface area (Å²) in [5, 5.41) is 0. The van der Waals surface area contributed by atoms with Gasteiger partial charge in [0.05, 0.1) is 0 Å². The standard InChI is InChI=1S/C8H8BrI/c1-5-3-4-7(10)6(2)8(5)9/h3-4H,1-2H3. The van der Waals surface area contributed by atoms with Crippen molar-refractivity contribution >= 4 is 38.5 Å². The van der Waals surface area contributed by atoms with Gasteiger partial charge in [0.2, 0.25) is 0 Å². The Morgan fingerprint density at radius 1 is 1.30 bits per heavy atom. The highest BCUT2D eigenvalue weighted by Gasteiger charge is 2.00. The minimum absolute atomic E-state index is 1.24. The van der Waals surface area contributed by atoms with Gasteiger partial charge in [0.25, 0.3) is 0 Å². The van der Waals surface area contributed by atoms with Crippen molar-refractivity contribution in [2.24, 2.45) is 0 Å². The first-order chi connectivity index (χ1) is 4.63. The minimum Gasteiger partial charge on any atom is -0.0571 e. The zero-order chi connectivity index (χ0) is 7.72. The zero-order valence-corrected chi connectivity index (χ0v) is 9.65. The summed E-state index contributed by atoms with van der Waals surface area (Å²) in [4.78, 5) is 0. The molecule has 2 heteroatoms. The molecular formula is C8H8BrI. The molecule has 0 aromatic heterocycles. The molecule has 0 aliphatic rings. The van der Waals surface area contributed by atoms with Gasteiger partial charge in [-0.25, -0.2) is 0 Å². The van der Waals surface area contributed by atoms with Crippen LogP contribution in [0.5, 0.6) is 0 Å². The molecule has 0 nitrogen and oxygen atoms in total. The zero-order valence-electron chi connectivity index (χ0n) is 5.91. The Morgan fingerprint density at radius 2 is 1.90 bits per heavy atom. The van der Waals surface area contributed by atoms with Crippen LogP contribution in [0.3, 0.4) is 0 Å². The number of aryl methyl sites for hydroxylation is 1. The average molecular weight is 311 g/mol. The Balaban J connectivity index is 3.34.